The van der Waals surface area contributed by atoms with Gasteiger partial charge < -0.3 is 15.1 Å². The molecule has 92 valence electrons. The van der Waals surface area contributed by atoms with E-state index >= 15 is 0 Å². The van der Waals surface area contributed by atoms with Crippen molar-refractivity contribution in [1.82, 2.24) is 0 Å². The molecule has 1 aliphatic heterocycles. The van der Waals surface area contributed by atoms with Gasteiger partial charge in [-0.05, 0) is 30.5 Å². The number of rotatable bonds is 4. The Hall–Kier alpha value is -1.55. The van der Waals surface area contributed by atoms with Gasteiger partial charge in [-0.3, -0.25) is 4.79 Å². The predicted octanol–water partition coefficient (Wildman–Crippen LogP) is 1.79. The third-order valence-corrected chi connectivity index (χ3v) is 3.12. The first-order chi connectivity index (χ1) is 8.16. The lowest BCUT2D eigenvalue weighted by molar-refractivity contribution is -0.139. The van der Waals surface area contributed by atoms with Gasteiger partial charge in [0.25, 0.3) is 0 Å². The maximum Gasteiger partial charge on any atom is 0.306 e. The molecule has 1 atom stereocenters. The number of aliphatic carboxylic acids is 1. The highest BCUT2D eigenvalue weighted by Gasteiger charge is 2.14. The number of carboxylic acid groups (broad SMARTS) is 1. The van der Waals surface area contributed by atoms with E-state index in [1.54, 1.807) is 12.1 Å². The maximum atomic E-state index is 10.5. The van der Waals surface area contributed by atoms with E-state index in [2.05, 4.69) is 4.90 Å². The molecule has 1 aromatic carbocycles. The lowest BCUT2D eigenvalue weighted by atomic mass is 10.1. The van der Waals surface area contributed by atoms with Crippen LogP contribution in [0.5, 0.6) is 0 Å². The van der Waals surface area contributed by atoms with E-state index in [1.807, 2.05) is 12.1 Å². The number of benzene rings is 1. The van der Waals surface area contributed by atoms with Crippen LogP contribution in [0.4, 0.5) is 5.69 Å². The van der Waals surface area contributed by atoms with E-state index in [-0.39, 0.29) is 6.42 Å². The monoisotopic (exact) mass is 235 g/mol. The first-order valence-electron chi connectivity index (χ1n) is 5.91. The van der Waals surface area contributed by atoms with Crippen molar-refractivity contribution in [3.8, 4) is 0 Å². The van der Waals surface area contributed by atoms with Crippen LogP contribution in [0.3, 0.4) is 0 Å². The molecule has 1 fully saturated rings. The van der Waals surface area contributed by atoms with Gasteiger partial charge in [0.05, 0.1) is 12.5 Å². The second kappa shape index (κ2) is 5.19. The number of hydrogen-bond donors (Lipinski definition) is 2. The third-order valence-electron chi connectivity index (χ3n) is 3.12. The summed E-state index contributed by atoms with van der Waals surface area (Å²) in [6, 6.07) is 7.51. The minimum Gasteiger partial charge on any atom is -0.481 e. The van der Waals surface area contributed by atoms with Crippen LogP contribution in [0.25, 0.3) is 0 Å². The van der Waals surface area contributed by atoms with Crippen LogP contribution in [-0.4, -0.2) is 29.3 Å². The Morgan fingerprint density at radius 3 is 2.35 bits per heavy atom. The Bertz CT molecular complexity index is 382. The fraction of sp³-hybridized carbons (Fsp3) is 0.462. The lowest BCUT2D eigenvalue weighted by Gasteiger charge is -2.18. The van der Waals surface area contributed by atoms with E-state index in [1.165, 1.54) is 12.8 Å². The molecule has 0 bridgehead atoms. The van der Waals surface area contributed by atoms with Crippen LogP contribution in [0.2, 0.25) is 0 Å². The molecule has 0 amide bonds. The quantitative estimate of drug-likeness (QED) is 0.835. The molecular formula is C13H17NO3. The minimum atomic E-state index is -0.985. The van der Waals surface area contributed by atoms with Crippen LogP contribution in [0, 0.1) is 0 Å². The molecule has 1 saturated heterocycles. The van der Waals surface area contributed by atoms with Gasteiger partial charge in [-0.2, -0.15) is 0 Å². The number of aliphatic hydroxyl groups is 1. The van der Waals surface area contributed by atoms with Gasteiger partial charge in [-0.15, -0.1) is 0 Å². The Labute approximate surface area is 100 Å². The fourth-order valence-corrected chi connectivity index (χ4v) is 2.17. The van der Waals surface area contributed by atoms with Crippen molar-refractivity contribution in [2.24, 2.45) is 0 Å². The fourth-order valence-electron chi connectivity index (χ4n) is 2.17. The highest BCUT2D eigenvalue weighted by Crippen LogP contribution is 2.23. The highest BCUT2D eigenvalue weighted by molar-refractivity contribution is 5.67. The third kappa shape index (κ3) is 2.97. The van der Waals surface area contributed by atoms with Crippen LogP contribution in [-0.2, 0) is 4.79 Å². The lowest BCUT2D eigenvalue weighted by Crippen LogP contribution is -2.17. The van der Waals surface area contributed by atoms with Gasteiger partial charge >= 0.3 is 5.97 Å². The Balaban J connectivity index is 2.04. The van der Waals surface area contributed by atoms with Gasteiger partial charge in [0.15, 0.2) is 0 Å². The maximum absolute atomic E-state index is 10.5. The van der Waals surface area contributed by atoms with Crippen molar-refractivity contribution in [3.05, 3.63) is 29.8 Å². The molecule has 1 aromatic rings. The van der Waals surface area contributed by atoms with Crippen molar-refractivity contribution in [1.29, 1.82) is 0 Å². The summed E-state index contributed by atoms with van der Waals surface area (Å²) in [5.41, 5.74) is 1.81. The number of hydrogen-bond acceptors (Lipinski definition) is 3. The molecule has 0 spiro atoms. The molecule has 2 N–H and O–H groups in total. The van der Waals surface area contributed by atoms with Crippen LogP contribution < -0.4 is 4.90 Å². The molecule has 4 nitrogen and oxygen atoms in total. The van der Waals surface area contributed by atoms with Crippen molar-refractivity contribution in [3.63, 3.8) is 0 Å². The minimum absolute atomic E-state index is 0.247. The summed E-state index contributed by atoms with van der Waals surface area (Å²) in [5, 5.41) is 18.3. The summed E-state index contributed by atoms with van der Waals surface area (Å²) < 4.78 is 0. The second-order valence-corrected chi connectivity index (χ2v) is 4.40. The first kappa shape index (κ1) is 11.9. The van der Waals surface area contributed by atoms with E-state index in [0.717, 1.165) is 18.8 Å². The van der Waals surface area contributed by atoms with Gasteiger partial charge in [0.1, 0.15) is 0 Å². The Morgan fingerprint density at radius 2 is 1.82 bits per heavy atom. The summed E-state index contributed by atoms with van der Waals surface area (Å²) in [7, 11) is 0. The smallest absolute Gasteiger partial charge is 0.306 e. The Morgan fingerprint density at radius 1 is 1.24 bits per heavy atom. The molecule has 0 saturated carbocycles. The zero-order valence-corrected chi connectivity index (χ0v) is 9.67. The molecule has 1 unspecified atom stereocenters. The summed E-state index contributed by atoms with van der Waals surface area (Å²) in [6.07, 6.45) is 1.29. The average molecular weight is 235 g/mol. The van der Waals surface area contributed by atoms with Crippen LogP contribution >= 0.6 is 0 Å². The summed E-state index contributed by atoms with van der Waals surface area (Å²) >= 11 is 0. The summed E-state index contributed by atoms with van der Waals surface area (Å²) in [4.78, 5) is 12.8. The number of carbonyl (C=O) groups is 1. The molecule has 0 aliphatic carbocycles. The summed E-state index contributed by atoms with van der Waals surface area (Å²) in [6.45, 7) is 2.16. The largest absolute Gasteiger partial charge is 0.481 e. The molecule has 1 aliphatic rings. The molecule has 17 heavy (non-hydrogen) atoms. The molecule has 0 aromatic heterocycles. The SMILES string of the molecule is O=C(O)CC(O)c1ccc(N2CCCC2)cc1. The standard InChI is InChI=1S/C13H17NO3/c15-12(9-13(16)17)10-3-5-11(6-4-10)14-7-1-2-8-14/h3-6,12,15H,1-2,7-9H2,(H,16,17). The summed E-state index contributed by atoms with van der Waals surface area (Å²) in [5.74, 6) is -0.985. The molecule has 4 heteroatoms. The number of aliphatic hydroxyl groups excluding tert-OH is 1. The molecule has 2 rings (SSSR count). The van der Waals surface area contributed by atoms with E-state index in [4.69, 9.17) is 5.11 Å². The van der Waals surface area contributed by atoms with Crippen LogP contribution in [0.1, 0.15) is 30.9 Å². The van der Waals surface area contributed by atoms with E-state index < -0.39 is 12.1 Å². The number of carboxylic acids is 1. The van der Waals surface area contributed by atoms with Gasteiger partial charge in [0, 0.05) is 18.8 Å². The van der Waals surface area contributed by atoms with Gasteiger partial charge in [0.2, 0.25) is 0 Å². The van der Waals surface area contributed by atoms with Crippen molar-refractivity contribution < 1.29 is 15.0 Å². The number of nitrogens with zero attached hydrogens (tertiary/aromatic N) is 1. The zero-order valence-electron chi connectivity index (χ0n) is 9.67. The average Bonchev–Trinajstić information content (AvgIpc) is 2.82. The van der Waals surface area contributed by atoms with Crippen molar-refractivity contribution >= 4 is 11.7 Å². The van der Waals surface area contributed by atoms with E-state index in [0.29, 0.717) is 5.56 Å². The van der Waals surface area contributed by atoms with Crippen LogP contribution in [0.15, 0.2) is 24.3 Å². The number of anilines is 1. The van der Waals surface area contributed by atoms with Gasteiger partial charge in [-0.25, -0.2) is 0 Å². The second-order valence-electron chi connectivity index (χ2n) is 4.40. The molecule has 0 radical (unpaired) electrons. The van der Waals surface area contributed by atoms with Gasteiger partial charge in [-0.1, -0.05) is 12.1 Å². The highest BCUT2D eigenvalue weighted by atomic mass is 16.4. The normalized spacial score (nSPS) is 17.1. The topological polar surface area (TPSA) is 60.8 Å². The first-order valence-corrected chi connectivity index (χ1v) is 5.91. The predicted molar refractivity (Wildman–Crippen MR) is 65.1 cm³/mol. The van der Waals surface area contributed by atoms with Crippen molar-refractivity contribution in [2.75, 3.05) is 18.0 Å². The Kier molecular flexibility index (Phi) is 3.64. The van der Waals surface area contributed by atoms with Crippen molar-refractivity contribution in [2.45, 2.75) is 25.4 Å². The zero-order chi connectivity index (χ0) is 12.3. The molecule has 1 heterocycles. The van der Waals surface area contributed by atoms with E-state index in [9.17, 15) is 9.90 Å². The molecular weight excluding hydrogens is 218 g/mol.